The van der Waals surface area contributed by atoms with Gasteiger partial charge in [0.25, 0.3) is 0 Å². The van der Waals surface area contributed by atoms with E-state index >= 15 is 0 Å². The number of hydrogen-bond acceptors (Lipinski definition) is 7. The third kappa shape index (κ3) is 4.75. The highest BCUT2D eigenvalue weighted by Gasteiger charge is 2.28. The number of hydrogen-bond donors (Lipinski definition) is 0. The van der Waals surface area contributed by atoms with Crippen LogP contribution < -0.4 is 9.80 Å². The molecule has 1 atom stereocenters. The number of ether oxygens (including phenoxy) is 1. The summed E-state index contributed by atoms with van der Waals surface area (Å²) in [4.78, 5) is 19.6. The van der Waals surface area contributed by atoms with E-state index in [0.29, 0.717) is 6.04 Å². The summed E-state index contributed by atoms with van der Waals surface area (Å²) >= 11 is 0. The summed E-state index contributed by atoms with van der Waals surface area (Å²) in [5.74, 6) is 1.97. The molecule has 0 bridgehead atoms. The lowest BCUT2D eigenvalue weighted by Gasteiger charge is -2.34. The molecule has 0 N–H and O–H groups in total. The summed E-state index contributed by atoms with van der Waals surface area (Å²) in [6, 6.07) is 9.28. The summed E-state index contributed by atoms with van der Waals surface area (Å²) in [5, 5.41) is 0. The van der Waals surface area contributed by atoms with Crippen LogP contribution in [0, 0.1) is 0 Å². The Bertz CT molecular complexity index is 890. The van der Waals surface area contributed by atoms with Crippen LogP contribution in [0.3, 0.4) is 0 Å². The van der Waals surface area contributed by atoms with Crippen LogP contribution in [-0.4, -0.2) is 98.4 Å². The van der Waals surface area contributed by atoms with E-state index in [4.69, 9.17) is 14.7 Å². The van der Waals surface area contributed by atoms with E-state index in [0.717, 1.165) is 95.6 Å². The average Bonchev–Trinajstić information content (AvgIpc) is 3.15. The third-order valence-electron chi connectivity index (χ3n) is 7.13. The van der Waals surface area contributed by atoms with Crippen LogP contribution in [0.15, 0.2) is 30.5 Å². The average molecular weight is 437 g/mol. The minimum Gasteiger partial charge on any atom is -0.379 e. The minimum atomic E-state index is 0.485. The number of aromatic nitrogens is 2. The zero-order chi connectivity index (χ0) is 21.9. The summed E-state index contributed by atoms with van der Waals surface area (Å²) in [6.07, 6.45) is 4.24. The molecule has 7 nitrogen and oxygen atoms in total. The fraction of sp³-hybridized carbons (Fsp3) is 0.600. The van der Waals surface area contributed by atoms with E-state index in [1.165, 1.54) is 11.3 Å². The molecule has 1 aromatic heterocycles. The van der Waals surface area contributed by atoms with Crippen molar-refractivity contribution < 1.29 is 4.74 Å². The van der Waals surface area contributed by atoms with Crippen LogP contribution in [-0.2, 0) is 11.2 Å². The summed E-state index contributed by atoms with van der Waals surface area (Å²) in [7, 11) is 2.19. The second-order valence-corrected chi connectivity index (χ2v) is 9.43. The van der Waals surface area contributed by atoms with Gasteiger partial charge >= 0.3 is 0 Å². The van der Waals surface area contributed by atoms with E-state index in [2.05, 4.69) is 57.8 Å². The topological polar surface area (TPSA) is 48.0 Å². The van der Waals surface area contributed by atoms with Crippen molar-refractivity contribution in [2.75, 3.05) is 82.4 Å². The molecule has 0 amide bonds. The van der Waals surface area contributed by atoms with Gasteiger partial charge in [0.1, 0.15) is 5.82 Å². The zero-order valence-corrected chi connectivity index (χ0v) is 19.5. The first-order valence-corrected chi connectivity index (χ1v) is 12.1. The van der Waals surface area contributed by atoms with Crippen molar-refractivity contribution >= 4 is 11.5 Å². The van der Waals surface area contributed by atoms with Crippen LogP contribution in [0.4, 0.5) is 11.5 Å². The highest BCUT2D eigenvalue weighted by molar-refractivity contribution is 5.64. The van der Waals surface area contributed by atoms with Crippen molar-refractivity contribution in [2.45, 2.75) is 25.8 Å². The second kappa shape index (κ2) is 9.73. The van der Waals surface area contributed by atoms with Crippen LogP contribution >= 0.6 is 0 Å². The van der Waals surface area contributed by atoms with E-state index in [1.807, 2.05) is 6.20 Å². The lowest BCUT2D eigenvalue weighted by Crippen LogP contribution is -2.44. The lowest BCUT2D eigenvalue weighted by atomic mass is 10.1. The molecule has 0 spiro atoms. The Labute approximate surface area is 192 Å². The van der Waals surface area contributed by atoms with Gasteiger partial charge in [-0.05, 0) is 51.1 Å². The van der Waals surface area contributed by atoms with Gasteiger partial charge in [0.15, 0.2) is 5.82 Å². The highest BCUT2D eigenvalue weighted by atomic mass is 16.5. The molecule has 32 heavy (non-hydrogen) atoms. The Hall–Kier alpha value is -2.22. The maximum atomic E-state index is 5.47. The van der Waals surface area contributed by atoms with Gasteiger partial charge in [0, 0.05) is 81.4 Å². The predicted octanol–water partition coefficient (Wildman–Crippen LogP) is 2.37. The van der Waals surface area contributed by atoms with Crippen LogP contribution in [0.25, 0.3) is 11.4 Å². The van der Waals surface area contributed by atoms with Crippen LogP contribution in [0.1, 0.15) is 18.9 Å². The van der Waals surface area contributed by atoms with E-state index < -0.39 is 0 Å². The molecule has 172 valence electrons. The van der Waals surface area contributed by atoms with Gasteiger partial charge in [0.2, 0.25) is 0 Å². The number of likely N-dealkylation sites (N-methyl/N-ethyl adjacent to an activating group) is 1. The highest BCUT2D eigenvalue weighted by Crippen LogP contribution is 2.32. The van der Waals surface area contributed by atoms with Gasteiger partial charge in [-0.2, -0.15) is 0 Å². The third-order valence-corrected chi connectivity index (χ3v) is 7.13. The Morgan fingerprint density at radius 1 is 0.969 bits per heavy atom. The summed E-state index contributed by atoms with van der Waals surface area (Å²) < 4.78 is 5.47. The quantitative estimate of drug-likeness (QED) is 0.689. The summed E-state index contributed by atoms with van der Waals surface area (Å²) in [6.45, 7) is 12.7. The fourth-order valence-corrected chi connectivity index (χ4v) is 5.07. The number of benzene rings is 1. The Balaban J connectivity index is 1.25. The molecule has 5 rings (SSSR count). The molecule has 2 fully saturated rings. The van der Waals surface area contributed by atoms with Crippen molar-refractivity contribution in [3.63, 3.8) is 0 Å². The number of piperazine rings is 1. The SMILES string of the molecule is CC1Cc2cnc(-c3ccc(N4CCN(C)CC4)cc3)nc2N1CCCN1CCOCC1. The number of fused-ring (bicyclic) bond motifs is 1. The maximum absolute atomic E-state index is 5.47. The predicted molar refractivity (Wildman–Crippen MR) is 130 cm³/mol. The van der Waals surface area contributed by atoms with Crippen LogP contribution in [0.2, 0.25) is 0 Å². The van der Waals surface area contributed by atoms with E-state index in [1.54, 1.807) is 0 Å². The molecule has 7 heteroatoms. The Morgan fingerprint density at radius 3 is 2.47 bits per heavy atom. The standard InChI is InChI=1S/C25H36N6O/c1-20-18-22-19-26-24(21-4-6-23(7-5-21)30-12-10-28(2)11-13-30)27-25(22)31(20)9-3-8-29-14-16-32-17-15-29/h4-7,19-20H,3,8-18H2,1-2H3. The van der Waals surface area contributed by atoms with Gasteiger partial charge in [-0.3, -0.25) is 4.90 Å². The molecule has 1 aromatic carbocycles. The van der Waals surface area contributed by atoms with Crippen molar-refractivity contribution in [1.82, 2.24) is 19.8 Å². The number of morpholine rings is 1. The maximum Gasteiger partial charge on any atom is 0.161 e. The largest absolute Gasteiger partial charge is 0.379 e. The molecular weight excluding hydrogens is 400 g/mol. The first-order chi connectivity index (χ1) is 15.7. The van der Waals surface area contributed by atoms with E-state index in [9.17, 15) is 0 Å². The Kier molecular flexibility index (Phi) is 6.57. The molecule has 3 aliphatic heterocycles. The van der Waals surface area contributed by atoms with Crippen LogP contribution in [0.5, 0.6) is 0 Å². The number of nitrogens with zero attached hydrogens (tertiary/aromatic N) is 6. The lowest BCUT2D eigenvalue weighted by molar-refractivity contribution is 0.0376. The monoisotopic (exact) mass is 436 g/mol. The zero-order valence-electron chi connectivity index (χ0n) is 19.5. The normalized spacial score (nSPS) is 22.4. The summed E-state index contributed by atoms with van der Waals surface area (Å²) in [5.41, 5.74) is 3.67. The van der Waals surface area contributed by atoms with Crippen molar-refractivity contribution in [1.29, 1.82) is 0 Å². The van der Waals surface area contributed by atoms with Gasteiger partial charge in [-0.1, -0.05) is 0 Å². The van der Waals surface area contributed by atoms with Gasteiger partial charge in [-0.25, -0.2) is 9.97 Å². The Morgan fingerprint density at radius 2 is 1.72 bits per heavy atom. The molecule has 0 saturated carbocycles. The smallest absolute Gasteiger partial charge is 0.161 e. The molecular formula is C25H36N6O. The van der Waals surface area contributed by atoms with Crippen molar-refractivity contribution in [3.05, 3.63) is 36.0 Å². The minimum absolute atomic E-state index is 0.485. The fourth-order valence-electron chi connectivity index (χ4n) is 5.07. The molecule has 3 aliphatic rings. The molecule has 1 unspecified atom stereocenters. The van der Waals surface area contributed by atoms with Crippen molar-refractivity contribution in [2.24, 2.45) is 0 Å². The first kappa shape index (κ1) is 21.6. The van der Waals surface area contributed by atoms with E-state index in [-0.39, 0.29) is 0 Å². The molecule has 0 radical (unpaired) electrons. The first-order valence-electron chi connectivity index (χ1n) is 12.1. The second-order valence-electron chi connectivity index (χ2n) is 9.43. The molecule has 2 saturated heterocycles. The molecule has 2 aromatic rings. The van der Waals surface area contributed by atoms with Crippen molar-refractivity contribution in [3.8, 4) is 11.4 Å². The number of anilines is 2. The molecule has 4 heterocycles. The number of rotatable bonds is 6. The molecule has 0 aliphatic carbocycles. The van der Waals surface area contributed by atoms with Gasteiger partial charge in [0.05, 0.1) is 13.2 Å². The van der Waals surface area contributed by atoms with Gasteiger partial charge < -0.3 is 19.4 Å². The van der Waals surface area contributed by atoms with Gasteiger partial charge in [-0.15, -0.1) is 0 Å².